The fourth-order valence-electron chi connectivity index (χ4n) is 3.39. The van der Waals surface area contributed by atoms with E-state index in [4.69, 9.17) is 0 Å². The highest BCUT2D eigenvalue weighted by Crippen LogP contribution is 2.22. The number of nitrogens with one attached hydrogen (secondary N) is 1. The zero-order valence-corrected chi connectivity index (χ0v) is 17.0. The lowest BCUT2D eigenvalue weighted by Gasteiger charge is -2.37. The molecule has 1 saturated heterocycles. The van der Waals surface area contributed by atoms with Gasteiger partial charge < -0.3 is 20.0 Å². The number of aliphatic imine (C=N–C) groups is 1. The second-order valence-electron chi connectivity index (χ2n) is 6.88. The lowest BCUT2D eigenvalue weighted by atomic mass is 10.1. The maximum Gasteiger partial charge on any atom is 0.193 e. The molecule has 0 spiro atoms. The van der Waals surface area contributed by atoms with E-state index >= 15 is 0 Å². The summed E-state index contributed by atoms with van der Waals surface area (Å²) in [4.78, 5) is 11.3. The topological polar surface area (TPSA) is 34.1 Å². The first-order chi connectivity index (χ1) is 13.1. The molecule has 0 radical (unpaired) electrons. The quantitative estimate of drug-likeness (QED) is 0.630. The second-order valence-corrected chi connectivity index (χ2v) is 7.81. The van der Waals surface area contributed by atoms with Crippen LogP contribution >= 0.6 is 11.3 Å². The van der Waals surface area contributed by atoms with Crippen LogP contribution < -0.4 is 10.2 Å². The van der Waals surface area contributed by atoms with Crippen LogP contribution in [0.5, 0.6) is 0 Å². The SMILES string of the molecule is CN=C(NCC(c1ccc(F)cc1)N(C)C)N1CCN(c2cccs2)CC1. The fraction of sp³-hybridized carbons (Fsp3) is 0.450. The van der Waals surface area contributed by atoms with Crippen LogP contribution in [0.1, 0.15) is 11.6 Å². The normalized spacial score (nSPS) is 16.7. The standard InChI is InChI=1S/C20H28FN5S/c1-22-20(26-12-10-25(11-13-26)19-5-4-14-27-19)23-15-18(24(2)3)16-6-8-17(21)9-7-16/h4-9,14,18H,10-13,15H2,1-3H3,(H,22,23). The number of halogens is 1. The van der Waals surface area contributed by atoms with Crippen molar-refractivity contribution in [2.75, 3.05) is 58.8 Å². The van der Waals surface area contributed by atoms with E-state index in [1.807, 2.05) is 33.3 Å². The van der Waals surface area contributed by atoms with Crippen LogP contribution in [0.4, 0.5) is 9.39 Å². The maximum atomic E-state index is 13.2. The molecule has 3 rings (SSSR count). The molecule has 0 amide bonds. The zero-order chi connectivity index (χ0) is 19.2. The first kappa shape index (κ1) is 19.6. The third kappa shape index (κ3) is 4.99. The summed E-state index contributed by atoms with van der Waals surface area (Å²) in [6.45, 7) is 4.60. The number of nitrogens with zero attached hydrogens (tertiary/aromatic N) is 4. The molecule has 2 heterocycles. The molecule has 1 aliphatic heterocycles. The summed E-state index contributed by atoms with van der Waals surface area (Å²) in [7, 11) is 5.91. The summed E-state index contributed by atoms with van der Waals surface area (Å²) in [6, 6.07) is 11.2. The highest BCUT2D eigenvalue weighted by Gasteiger charge is 2.22. The number of piperazine rings is 1. The van der Waals surface area contributed by atoms with E-state index in [0.717, 1.165) is 44.2 Å². The summed E-state index contributed by atoms with van der Waals surface area (Å²) >= 11 is 1.79. The van der Waals surface area contributed by atoms with Gasteiger partial charge in [0.1, 0.15) is 5.82 Å². The molecule has 5 nitrogen and oxygen atoms in total. The van der Waals surface area contributed by atoms with Crippen molar-refractivity contribution in [2.45, 2.75) is 6.04 Å². The van der Waals surface area contributed by atoms with E-state index in [9.17, 15) is 4.39 Å². The third-order valence-electron chi connectivity index (χ3n) is 4.94. The Balaban J connectivity index is 1.57. The molecule has 146 valence electrons. The molecule has 0 bridgehead atoms. The van der Waals surface area contributed by atoms with Gasteiger partial charge in [-0.3, -0.25) is 4.99 Å². The average Bonchev–Trinajstić information content (AvgIpc) is 3.21. The third-order valence-corrected chi connectivity index (χ3v) is 5.87. The van der Waals surface area contributed by atoms with Crippen LogP contribution in [0.2, 0.25) is 0 Å². The Bertz CT molecular complexity index is 721. The molecule has 2 aromatic rings. The predicted molar refractivity (Wildman–Crippen MR) is 112 cm³/mol. The van der Waals surface area contributed by atoms with Crippen LogP contribution in [0.3, 0.4) is 0 Å². The summed E-state index contributed by atoms with van der Waals surface area (Å²) in [5.41, 5.74) is 1.09. The number of guanidine groups is 1. The van der Waals surface area contributed by atoms with Gasteiger partial charge in [0.05, 0.1) is 11.0 Å². The van der Waals surface area contributed by atoms with Crippen molar-refractivity contribution in [2.24, 2.45) is 4.99 Å². The molecule has 0 saturated carbocycles. The minimum absolute atomic E-state index is 0.148. The maximum absolute atomic E-state index is 13.2. The summed E-state index contributed by atoms with van der Waals surface area (Å²) in [5.74, 6) is 0.721. The molecule has 1 aromatic carbocycles. The number of anilines is 1. The smallest absolute Gasteiger partial charge is 0.193 e. The van der Waals surface area contributed by atoms with Crippen molar-refractivity contribution in [3.8, 4) is 0 Å². The van der Waals surface area contributed by atoms with Gasteiger partial charge in [-0.25, -0.2) is 4.39 Å². The van der Waals surface area contributed by atoms with Crippen molar-refractivity contribution in [1.29, 1.82) is 0 Å². The molecule has 0 aliphatic carbocycles. The highest BCUT2D eigenvalue weighted by molar-refractivity contribution is 7.14. The van der Waals surface area contributed by atoms with Crippen molar-refractivity contribution in [3.05, 3.63) is 53.2 Å². The number of hydrogen-bond donors (Lipinski definition) is 1. The van der Waals surface area contributed by atoms with Gasteiger partial charge in [0.15, 0.2) is 5.96 Å². The molecule has 1 atom stereocenters. The molecule has 1 unspecified atom stereocenters. The Morgan fingerprint density at radius 1 is 1.19 bits per heavy atom. The molecular formula is C20H28FN5S. The average molecular weight is 390 g/mol. The molecule has 1 aliphatic rings. The van der Waals surface area contributed by atoms with Gasteiger partial charge in [-0.15, -0.1) is 11.3 Å². The summed E-state index contributed by atoms with van der Waals surface area (Å²) in [6.07, 6.45) is 0. The Morgan fingerprint density at radius 3 is 2.44 bits per heavy atom. The van der Waals surface area contributed by atoms with Crippen molar-refractivity contribution in [3.63, 3.8) is 0 Å². The number of rotatable bonds is 5. The monoisotopic (exact) mass is 389 g/mol. The Labute approximate surface area is 165 Å². The lowest BCUT2D eigenvalue weighted by Crippen LogP contribution is -2.53. The van der Waals surface area contributed by atoms with E-state index in [0.29, 0.717) is 0 Å². The largest absolute Gasteiger partial charge is 0.360 e. The van der Waals surface area contributed by atoms with E-state index in [2.05, 4.69) is 42.5 Å². The van der Waals surface area contributed by atoms with Gasteiger partial charge >= 0.3 is 0 Å². The molecule has 1 fully saturated rings. The Hall–Kier alpha value is -2.12. The first-order valence-electron chi connectivity index (χ1n) is 9.24. The summed E-state index contributed by atoms with van der Waals surface area (Å²) < 4.78 is 13.2. The van der Waals surface area contributed by atoms with Gasteiger partial charge in [-0.1, -0.05) is 12.1 Å². The first-order valence-corrected chi connectivity index (χ1v) is 10.1. The van der Waals surface area contributed by atoms with Crippen LogP contribution in [-0.4, -0.2) is 69.6 Å². The van der Waals surface area contributed by atoms with E-state index < -0.39 is 0 Å². The van der Waals surface area contributed by atoms with Crippen molar-refractivity contribution >= 4 is 22.3 Å². The van der Waals surface area contributed by atoms with E-state index in [1.165, 1.54) is 17.1 Å². The summed E-state index contributed by atoms with van der Waals surface area (Å²) in [5, 5.41) is 6.97. The second kappa shape index (κ2) is 9.19. The Morgan fingerprint density at radius 2 is 1.89 bits per heavy atom. The molecule has 1 aromatic heterocycles. The molecular weight excluding hydrogens is 361 g/mol. The van der Waals surface area contributed by atoms with Crippen molar-refractivity contribution < 1.29 is 4.39 Å². The van der Waals surface area contributed by atoms with Crippen LogP contribution in [-0.2, 0) is 0 Å². The molecule has 27 heavy (non-hydrogen) atoms. The van der Waals surface area contributed by atoms with Gasteiger partial charge in [0, 0.05) is 39.8 Å². The van der Waals surface area contributed by atoms with Crippen molar-refractivity contribution in [1.82, 2.24) is 15.1 Å². The number of likely N-dealkylation sites (N-methyl/N-ethyl adjacent to an activating group) is 1. The van der Waals surface area contributed by atoms with Gasteiger partial charge in [0.2, 0.25) is 0 Å². The lowest BCUT2D eigenvalue weighted by molar-refractivity contribution is 0.292. The number of hydrogen-bond acceptors (Lipinski definition) is 4. The number of benzene rings is 1. The molecule has 1 N–H and O–H groups in total. The zero-order valence-electron chi connectivity index (χ0n) is 16.2. The van der Waals surface area contributed by atoms with Gasteiger partial charge in [0.25, 0.3) is 0 Å². The van der Waals surface area contributed by atoms with Crippen LogP contribution in [0.25, 0.3) is 0 Å². The highest BCUT2D eigenvalue weighted by atomic mass is 32.1. The molecule has 7 heteroatoms. The minimum atomic E-state index is -0.205. The minimum Gasteiger partial charge on any atom is -0.360 e. The fourth-order valence-corrected chi connectivity index (χ4v) is 4.18. The van der Waals surface area contributed by atoms with Crippen LogP contribution in [0.15, 0.2) is 46.8 Å². The van der Waals surface area contributed by atoms with Crippen LogP contribution in [0, 0.1) is 5.82 Å². The van der Waals surface area contributed by atoms with Gasteiger partial charge in [-0.2, -0.15) is 0 Å². The van der Waals surface area contributed by atoms with Gasteiger partial charge in [-0.05, 0) is 49.3 Å². The number of thiophene rings is 1. The van der Waals surface area contributed by atoms with E-state index in [-0.39, 0.29) is 11.9 Å². The van der Waals surface area contributed by atoms with E-state index in [1.54, 1.807) is 11.3 Å². The Kier molecular flexibility index (Phi) is 6.68. The predicted octanol–water partition coefficient (Wildman–Crippen LogP) is 2.89.